The van der Waals surface area contributed by atoms with E-state index in [0.29, 0.717) is 12.2 Å². The van der Waals surface area contributed by atoms with E-state index in [1.807, 2.05) is 37.3 Å². The van der Waals surface area contributed by atoms with Gasteiger partial charge in [0.15, 0.2) is 11.5 Å². The van der Waals surface area contributed by atoms with E-state index in [2.05, 4.69) is 5.32 Å². The minimum absolute atomic E-state index is 0.0682. The number of amides is 1. The van der Waals surface area contributed by atoms with Crippen LogP contribution in [0.5, 0.6) is 11.5 Å². The van der Waals surface area contributed by atoms with Gasteiger partial charge in [0.05, 0.1) is 0 Å². The van der Waals surface area contributed by atoms with Crippen molar-refractivity contribution in [1.29, 1.82) is 0 Å². The Morgan fingerprint density at radius 2 is 1.85 bits per heavy atom. The van der Waals surface area contributed by atoms with Gasteiger partial charge in [0.1, 0.15) is 0 Å². The molecule has 4 heteroatoms. The van der Waals surface area contributed by atoms with Crippen LogP contribution in [0.1, 0.15) is 27.0 Å². The van der Waals surface area contributed by atoms with Crippen LogP contribution in [-0.2, 0) is 6.42 Å². The third kappa shape index (κ3) is 1.65. The van der Waals surface area contributed by atoms with Crippen molar-refractivity contribution in [3.05, 3.63) is 52.6 Å². The highest BCUT2D eigenvalue weighted by molar-refractivity contribution is 6.07. The predicted octanol–water partition coefficient (Wildman–Crippen LogP) is 2.88. The topological polar surface area (TPSA) is 47.6 Å². The third-order valence-corrected chi connectivity index (χ3v) is 3.74. The molecule has 0 aliphatic carbocycles. The fraction of sp³-hybridized carbons (Fsp3) is 0.188. The van der Waals surface area contributed by atoms with Crippen LogP contribution in [0.25, 0.3) is 0 Å². The fourth-order valence-electron chi connectivity index (χ4n) is 2.70. The largest absolute Gasteiger partial charge is 0.454 e. The molecule has 1 N–H and O–H groups in total. The number of anilines is 1. The molecule has 0 aromatic heterocycles. The first-order valence-corrected chi connectivity index (χ1v) is 6.54. The summed E-state index contributed by atoms with van der Waals surface area (Å²) in [5, 5.41) is 2.96. The molecule has 2 aromatic rings. The maximum atomic E-state index is 12.3. The van der Waals surface area contributed by atoms with Gasteiger partial charge in [0.25, 0.3) is 5.91 Å². The molecule has 4 rings (SSSR count). The minimum atomic E-state index is -0.0682. The molecule has 1 amide bonds. The van der Waals surface area contributed by atoms with Crippen molar-refractivity contribution in [3.63, 3.8) is 0 Å². The summed E-state index contributed by atoms with van der Waals surface area (Å²) in [4.78, 5) is 12.3. The molecule has 2 aromatic carbocycles. The van der Waals surface area contributed by atoms with Gasteiger partial charge in [0.2, 0.25) is 6.79 Å². The van der Waals surface area contributed by atoms with Crippen molar-refractivity contribution in [2.75, 3.05) is 12.1 Å². The number of nitrogens with one attached hydrogen (secondary N) is 1. The monoisotopic (exact) mass is 267 g/mol. The lowest BCUT2D eigenvalue weighted by Crippen LogP contribution is -2.12. The second-order valence-corrected chi connectivity index (χ2v) is 5.15. The van der Waals surface area contributed by atoms with Gasteiger partial charge in [-0.2, -0.15) is 0 Å². The lowest BCUT2D eigenvalue weighted by molar-refractivity contribution is 0.102. The number of hydrogen-bond donors (Lipinski definition) is 1. The Morgan fingerprint density at radius 1 is 1.05 bits per heavy atom. The van der Waals surface area contributed by atoms with E-state index in [1.54, 1.807) is 0 Å². The van der Waals surface area contributed by atoms with Crippen molar-refractivity contribution in [2.45, 2.75) is 13.3 Å². The second kappa shape index (κ2) is 4.00. The highest BCUT2D eigenvalue weighted by atomic mass is 16.7. The molecule has 4 nitrogen and oxygen atoms in total. The minimum Gasteiger partial charge on any atom is -0.454 e. The zero-order valence-corrected chi connectivity index (χ0v) is 11.0. The van der Waals surface area contributed by atoms with Crippen LogP contribution in [0.4, 0.5) is 5.69 Å². The maximum absolute atomic E-state index is 12.3. The lowest BCUT2D eigenvalue weighted by atomic mass is 9.98. The second-order valence-electron chi connectivity index (χ2n) is 5.15. The van der Waals surface area contributed by atoms with Crippen molar-refractivity contribution >= 4 is 11.6 Å². The smallest absolute Gasteiger partial charge is 0.255 e. The van der Waals surface area contributed by atoms with Crippen LogP contribution in [0, 0.1) is 6.92 Å². The van der Waals surface area contributed by atoms with E-state index in [-0.39, 0.29) is 12.7 Å². The first kappa shape index (κ1) is 11.3. The Kier molecular flexibility index (Phi) is 2.27. The van der Waals surface area contributed by atoms with Gasteiger partial charge in [0, 0.05) is 23.7 Å². The number of ether oxygens (including phenoxy) is 2. The van der Waals surface area contributed by atoms with E-state index in [4.69, 9.17) is 9.47 Å². The Hall–Kier alpha value is -2.49. The van der Waals surface area contributed by atoms with Crippen molar-refractivity contribution < 1.29 is 14.3 Å². The summed E-state index contributed by atoms with van der Waals surface area (Å²) in [6, 6.07) is 9.77. The summed E-state index contributed by atoms with van der Waals surface area (Å²) in [6.45, 7) is 2.23. The zero-order chi connectivity index (χ0) is 13.7. The number of fused-ring (bicyclic) bond motifs is 3. The van der Waals surface area contributed by atoms with Crippen LogP contribution >= 0.6 is 0 Å². The summed E-state index contributed by atoms with van der Waals surface area (Å²) in [6.07, 6.45) is 0.709. The van der Waals surface area contributed by atoms with Gasteiger partial charge in [-0.1, -0.05) is 17.7 Å². The molecule has 2 heterocycles. The summed E-state index contributed by atoms with van der Waals surface area (Å²) >= 11 is 0. The van der Waals surface area contributed by atoms with Gasteiger partial charge in [-0.25, -0.2) is 0 Å². The summed E-state index contributed by atoms with van der Waals surface area (Å²) in [5.41, 5.74) is 4.70. The molecule has 0 bridgehead atoms. The van der Waals surface area contributed by atoms with Gasteiger partial charge >= 0.3 is 0 Å². The number of carbonyl (C=O) groups excluding carboxylic acids is 1. The number of rotatable bonds is 0. The van der Waals surface area contributed by atoms with E-state index in [1.165, 1.54) is 0 Å². The molecule has 0 unspecified atom stereocenters. The number of aryl methyl sites for hydroxylation is 1. The SMILES string of the molecule is Cc1ccc2c(c1)C(=O)Nc1cc3c(cc1C2)OCO3. The van der Waals surface area contributed by atoms with Gasteiger partial charge in [-0.05, 0) is 30.2 Å². The molecular formula is C16H13NO3. The third-order valence-electron chi connectivity index (χ3n) is 3.74. The van der Waals surface area contributed by atoms with Crippen LogP contribution in [-0.4, -0.2) is 12.7 Å². The van der Waals surface area contributed by atoms with E-state index < -0.39 is 0 Å². The summed E-state index contributed by atoms with van der Waals surface area (Å²) in [5.74, 6) is 1.36. The molecule has 0 fully saturated rings. The van der Waals surface area contributed by atoms with Gasteiger partial charge < -0.3 is 14.8 Å². The van der Waals surface area contributed by atoms with Crippen LogP contribution in [0.3, 0.4) is 0 Å². The van der Waals surface area contributed by atoms with Crippen molar-refractivity contribution in [1.82, 2.24) is 0 Å². The Labute approximate surface area is 116 Å². The first-order valence-electron chi connectivity index (χ1n) is 6.54. The normalized spacial score (nSPS) is 15.2. The Bertz CT molecular complexity index is 737. The van der Waals surface area contributed by atoms with Gasteiger partial charge in [-0.3, -0.25) is 4.79 Å². The summed E-state index contributed by atoms with van der Waals surface area (Å²) in [7, 11) is 0. The predicted molar refractivity (Wildman–Crippen MR) is 74.5 cm³/mol. The number of carbonyl (C=O) groups is 1. The van der Waals surface area contributed by atoms with Crippen LogP contribution in [0.15, 0.2) is 30.3 Å². The van der Waals surface area contributed by atoms with Crippen LogP contribution in [0.2, 0.25) is 0 Å². The number of hydrogen-bond acceptors (Lipinski definition) is 3. The summed E-state index contributed by atoms with van der Waals surface area (Å²) < 4.78 is 10.8. The quantitative estimate of drug-likeness (QED) is 0.798. The molecule has 0 radical (unpaired) electrons. The molecule has 20 heavy (non-hydrogen) atoms. The van der Waals surface area contributed by atoms with Crippen LogP contribution < -0.4 is 14.8 Å². The van der Waals surface area contributed by atoms with Crippen molar-refractivity contribution in [2.24, 2.45) is 0 Å². The maximum Gasteiger partial charge on any atom is 0.255 e. The highest BCUT2D eigenvalue weighted by Crippen LogP contribution is 2.39. The van der Waals surface area contributed by atoms with E-state index >= 15 is 0 Å². The van der Waals surface area contributed by atoms with E-state index in [0.717, 1.165) is 33.7 Å². The Balaban J connectivity index is 1.87. The van der Waals surface area contributed by atoms with E-state index in [9.17, 15) is 4.79 Å². The molecule has 0 saturated carbocycles. The molecule has 0 saturated heterocycles. The molecule has 0 spiro atoms. The molecular weight excluding hydrogens is 254 g/mol. The van der Waals surface area contributed by atoms with Gasteiger partial charge in [-0.15, -0.1) is 0 Å². The molecule has 100 valence electrons. The number of benzene rings is 2. The zero-order valence-electron chi connectivity index (χ0n) is 11.0. The Morgan fingerprint density at radius 3 is 2.70 bits per heavy atom. The molecule has 0 atom stereocenters. The molecule has 2 aliphatic rings. The lowest BCUT2D eigenvalue weighted by Gasteiger charge is -2.07. The standard InChI is InChI=1S/C16H13NO3/c1-9-2-3-10-5-11-6-14-15(20-8-19-14)7-13(11)17-16(18)12(10)4-9/h2-4,6-7H,5,8H2,1H3,(H,17,18). The molecule has 2 aliphatic heterocycles. The highest BCUT2D eigenvalue weighted by Gasteiger charge is 2.23. The average Bonchev–Trinajstić information content (AvgIpc) is 2.82. The fourth-order valence-corrected chi connectivity index (χ4v) is 2.70. The first-order chi connectivity index (χ1) is 9.70. The van der Waals surface area contributed by atoms with Crippen molar-refractivity contribution in [3.8, 4) is 11.5 Å². The average molecular weight is 267 g/mol.